The van der Waals surface area contributed by atoms with Gasteiger partial charge in [0.1, 0.15) is 0 Å². The highest BCUT2D eigenvalue weighted by Gasteiger charge is 2.34. The van der Waals surface area contributed by atoms with Crippen molar-refractivity contribution in [2.24, 2.45) is 11.8 Å². The Kier molecular flexibility index (Phi) is 5.42. The fraction of sp³-hybridized carbons (Fsp3) is 1.00. The Bertz CT molecular complexity index is 183. The molecule has 1 aliphatic heterocycles. The molecule has 1 saturated carbocycles. The highest BCUT2D eigenvalue weighted by atomic mass is 35.5. The van der Waals surface area contributed by atoms with Gasteiger partial charge >= 0.3 is 0 Å². The Labute approximate surface area is 101 Å². The van der Waals surface area contributed by atoms with Crippen LogP contribution in [0.15, 0.2) is 0 Å². The first kappa shape index (κ1) is 13.3. The Balaban J connectivity index is 0.00000112. The van der Waals surface area contributed by atoms with Crippen LogP contribution in [0.4, 0.5) is 0 Å². The van der Waals surface area contributed by atoms with E-state index >= 15 is 0 Å². The van der Waals surface area contributed by atoms with Crippen molar-refractivity contribution in [2.45, 2.75) is 70.9 Å². The monoisotopic (exact) mass is 231 g/mol. The van der Waals surface area contributed by atoms with Crippen LogP contribution in [0.1, 0.15) is 58.8 Å². The standard InChI is InChI=1S/C13H25N.ClH/c1-3-5-11-8-9-12-10(2)6-4-7-13(12)14-11;/h10-14H,3-9H2,1-2H3;1H/t10-,11-,12+,13+;/m1./s1. The van der Waals surface area contributed by atoms with E-state index in [0.29, 0.717) is 0 Å². The highest BCUT2D eigenvalue weighted by Crippen LogP contribution is 2.36. The zero-order valence-corrected chi connectivity index (χ0v) is 11.0. The molecule has 1 saturated heterocycles. The van der Waals surface area contributed by atoms with Crippen molar-refractivity contribution < 1.29 is 0 Å². The Morgan fingerprint density at radius 1 is 1.13 bits per heavy atom. The van der Waals surface area contributed by atoms with Gasteiger partial charge in [-0.2, -0.15) is 0 Å². The molecule has 2 rings (SSSR count). The topological polar surface area (TPSA) is 12.0 Å². The van der Waals surface area contributed by atoms with Gasteiger partial charge in [0.25, 0.3) is 0 Å². The lowest BCUT2D eigenvalue weighted by Gasteiger charge is -2.44. The number of fused-ring (bicyclic) bond motifs is 1. The Morgan fingerprint density at radius 3 is 2.67 bits per heavy atom. The van der Waals surface area contributed by atoms with Crippen LogP contribution in [0.5, 0.6) is 0 Å². The lowest BCUT2D eigenvalue weighted by atomic mass is 9.71. The summed E-state index contributed by atoms with van der Waals surface area (Å²) in [5.74, 6) is 1.97. The molecule has 15 heavy (non-hydrogen) atoms. The van der Waals surface area contributed by atoms with Crippen molar-refractivity contribution >= 4 is 12.4 Å². The fourth-order valence-electron chi connectivity index (χ4n) is 3.53. The molecule has 90 valence electrons. The maximum atomic E-state index is 3.89. The molecular weight excluding hydrogens is 206 g/mol. The lowest BCUT2D eigenvalue weighted by Crippen LogP contribution is -2.50. The molecular formula is C13H26ClN. The minimum atomic E-state index is 0. The van der Waals surface area contributed by atoms with E-state index in [2.05, 4.69) is 19.2 Å². The predicted octanol–water partition coefficient (Wildman–Crippen LogP) is 3.77. The van der Waals surface area contributed by atoms with E-state index in [-0.39, 0.29) is 12.4 Å². The number of nitrogens with one attached hydrogen (secondary N) is 1. The third-order valence-electron chi connectivity index (χ3n) is 4.36. The summed E-state index contributed by atoms with van der Waals surface area (Å²) in [5, 5.41) is 3.89. The average Bonchev–Trinajstić information content (AvgIpc) is 2.18. The van der Waals surface area contributed by atoms with Crippen molar-refractivity contribution in [1.82, 2.24) is 5.32 Å². The molecule has 1 aliphatic carbocycles. The SMILES string of the molecule is CCC[C@@H]1CC[C@H]2[C@H](C)CCC[C@@H]2N1.Cl. The molecule has 0 amide bonds. The second-order valence-corrected chi connectivity index (χ2v) is 5.41. The molecule has 0 radical (unpaired) electrons. The molecule has 2 heteroatoms. The maximum Gasteiger partial charge on any atom is 0.0100 e. The lowest BCUT2D eigenvalue weighted by molar-refractivity contribution is 0.122. The molecule has 0 aromatic carbocycles. The van der Waals surface area contributed by atoms with Crippen LogP contribution in [0, 0.1) is 11.8 Å². The molecule has 2 aliphatic rings. The van der Waals surface area contributed by atoms with Gasteiger partial charge in [0.15, 0.2) is 0 Å². The number of hydrogen-bond acceptors (Lipinski definition) is 1. The maximum absolute atomic E-state index is 3.89. The summed E-state index contributed by atoms with van der Waals surface area (Å²) in [5.41, 5.74) is 0. The van der Waals surface area contributed by atoms with Crippen molar-refractivity contribution in [3.8, 4) is 0 Å². The number of hydrogen-bond donors (Lipinski definition) is 1. The van der Waals surface area contributed by atoms with Gasteiger partial charge in [-0.25, -0.2) is 0 Å². The van der Waals surface area contributed by atoms with Gasteiger partial charge in [0, 0.05) is 12.1 Å². The van der Waals surface area contributed by atoms with Crippen molar-refractivity contribution in [3.63, 3.8) is 0 Å². The van der Waals surface area contributed by atoms with Crippen LogP contribution in [0.2, 0.25) is 0 Å². The van der Waals surface area contributed by atoms with Gasteiger partial charge in [0.05, 0.1) is 0 Å². The van der Waals surface area contributed by atoms with Crippen LogP contribution >= 0.6 is 12.4 Å². The first-order valence-corrected chi connectivity index (χ1v) is 6.57. The molecule has 2 fully saturated rings. The minimum absolute atomic E-state index is 0. The third-order valence-corrected chi connectivity index (χ3v) is 4.36. The summed E-state index contributed by atoms with van der Waals surface area (Å²) in [7, 11) is 0. The second-order valence-electron chi connectivity index (χ2n) is 5.41. The highest BCUT2D eigenvalue weighted by molar-refractivity contribution is 5.85. The van der Waals surface area contributed by atoms with Gasteiger partial charge < -0.3 is 5.32 Å². The quantitative estimate of drug-likeness (QED) is 0.763. The largest absolute Gasteiger partial charge is 0.311 e. The van der Waals surface area contributed by atoms with Crippen LogP contribution in [0.3, 0.4) is 0 Å². The second kappa shape index (κ2) is 6.10. The van der Waals surface area contributed by atoms with Gasteiger partial charge in [-0.3, -0.25) is 0 Å². The summed E-state index contributed by atoms with van der Waals surface area (Å²) in [6.45, 7) is 4.76. The van der Waals surface area contributed by atoms with Gasteiger partial charge in [-0.15, -0.1) is 12.4 Å². The van der Waals surface area contributed by atoms with E-state index in [1.54, 1.807) is 0 Å². The third kappa shape index (κ3) is 3.10. The summed E-state index contributed by atoms with van der Waals surface area (Å²) in [6.07, 6.45) is 10.0. The molecule has 0 unspecified atom stereocenters. The molecule has 1 nitrogen and oxygen atoms in total. The fourth-order valence-corrected chi connectivity index (χ4v) is 3.53. The first-order chi connectivity index (χ1) is 6.81. The minimum Gasteiger partial charge on any atom is -0.311 e. The van der Waals surface area contributed by atoms with E-state index in [4.69, 9.17) is 0 Å². The van der Waals surface area contributed by atoms with E-state index in [9.17, 15) is 0 Å². The number of piperidine rings is 1. The van der Waals surface area contributed by atoms with Crippen LogP contribution in [-0.2, 0) is 0 Å². The Hall–Kier alpha value is 0.250. The van der Waals surface area contributed by atoms with Gasteiger partial charge in [-0.05, 0) is 37.5 Å². The molecule has 1 heterocycles. The molecule has 0 spiro atoms. The summed E-state index contributed by atoms with van der Waals surface area (Å²) in [6, 6.07) is 1.70. The molecule has 1 N–H and O–H groups in total. The van der Waals surface area contributed by atoms with Crippen LogP contribution in [-0.4, -0.2) is 12.1 Å². The summed E-state index contributed by atoms with van der Waals surface area (Å²) < 4.78 is 0. The van der Waals surface area contributed by atoms with E-state index in [1.807, 2.05) is 0 Å². The van der Waals surface area contributed by atoms with Crippen LogP contribution < -0.4 is 5.32 Å². The Morgan fingerprint density at radius 2 is 1.93 bits per heavy atom. The van der Waals surface area contributed by atoms with Crippen molar-refractivity contribution in [2.75, 3.05) is 0 Å². The zero-order valence-electron chi connectivity index (χ0n) is 10.2. The molecule has 0 aromatic heterocycles. The number of halogens is 1. The predicted molar refractivity (Wildman–Crippen MR) is 68.6 cm³/mol. The molecule has 0 bridgehead atoms. The van der Waals surface area contributed by atoms with Gasteiger partial charge in [0.2, 0.25) is 0 Å². The van der Waals surface area contributed by atoms with E-state index < -0.39 is 0 Å². The van der Waals surface area contributed by atoms with Crippen molar-refractivity contribution in [1.29, 1.82) is 0 Å². The first-order valence-electron chi connectivity index (χ1n) is 6.57. The number of rotatable bonds is 2. The summed E-state index contributed by atoms with van der Waals surface area (Å²) >= 11 is 0. The van der Waals surface area contributed by atoms with E-state index in [0.717, 1.165) is 23.9 Å². The smallest absolute Gasteiger partial charge is 0.0100 e. The normalized spacial score (nSPS) is 40.4. The van der Waals surface area contributed by atoms with Crippen LogP contribution in [0.25, 0.3) is 0 Å². The van der Waals surface area contributed by atoms with Crippen molar-refractivity contribution in [3.05, 3.63) is 0 Å². The summed E-state index contributed by atoms with van der Waals surface area (Å²) in [4.78, 5) is 0. The van der Waals surface area contributed by atoms with Gasteiger partial charge in [-0.1, -0.05) is 33.1 Å². The molecule has 4 atom stereocenters. The molecule has 0 aromatic rings. The average molecular weight is 232 g/mol. The van der Waals surface area contributed by atoms with E-state index in [1.165, 1.54) is 44.9 Å². The zero-order chi connectivity index (χ0) is 9.97.